The van der Waals surface area contributed by atoms with Crippen LogP contribution in [0.1, 0.15) is 31.2 Å². The van der Waals surface area contributed by atoms with Gasteiger partial charge in [-0.15, -0.1) is 12.4 Å². The first-order chi connectivity index (χ1) is 8.56. The molecule has 19 heavy (non-hydrogen) atoms. The standard InChI is InChI=1S/C14H19ClN2O.ClH/c1-9-5-6-11(15)8-13(9)17-14(18)10-3-2-4-12(16)7-10;/h5-6,8,10,12H,2-4,7,16H2,1H3,(H,17,18);1H. The lowest BCUT2D eigenvalue weighted by Crippen LogP contribution is -2.34. The first kappa shape index (κ1) is 16.3. The van der Waals surface area contributed by atoms with Gasteiger partial charge < -0.3 is 11.1 Å². The molecule has 0 aromatic heterocycles. The number of halogens is 2. The fraction of sp³-hybridized carbons (Fsp3) is 0.500. The van der Waals surface area contributed by atoms with E-state index in [0.717, 1.165) is 36.9 Å². The average Bonchev–Trinajstić information content (AvgIpc) is 2.34. The second kappa shape index (κ2) is 7.13. The molecule has 1 aromatic rings. The summed E-state index contributed by atoms with van der Waals surface area (Å²) in [7, 11) is 0. The van der Waals surface area contributed by atoms with Crippen molar-refractivity contribution in [2.24, 2.45) is 11.7 Å². The maximum absolute atomic E-state index is 12.2. The van der Waals surface area contributed by atoms with Crippen molar-refractivity contribution < 1.29 is 4.79 Å². The zero-order valence-electron chi connectivity index (χ0n) is 11.0. The summed E-state index contributed by atoms with van der Waals surface area (Å²) in [5.41, 5.74) is 7.73. The molecular weight excluding hydrogens is 283 g/mol. The van der Waals surface area contributed by atoms with Crippen LogP contribution in [0, 0.1) is 12.8 Å². The van der Waals surface area contributed by atoms with Crippen molar-refractivity contribution in [3.05, 3.63) is 28.8 Å². The van der Waals surface area contributed by atoms with Crippen LogP contribution in [0.3, 0.4) is 0 Å². The number of amides is 1. The number of hydrogen-bond acceptors (Lipinski definition) is 2. The van der Waals surface area contributed by atoms with Gasteiger partial charge in [0.1, 0.15) is 0 Å². The zero-order valence-corrected chi connectivity index (χ0v) is 12.6. The Morgan fingerprint density at radius 2 is 2.16 bits per heavy atom. The summed E-state index contributed by atoms with van der Waals surface area (Å²) in [6, 6.07) is 5.68. The number of nitrogens with two attached hydrogens (primary N) is 1. The van der Waals surface area contributed by atoms with Gasteiger partial charge in [0.2, 0.25) is 5.91 Å². The van der Waals surface area contributed by atoms with Crippen molar-refractivity contribution in [1.29, 1.82) is 0 Å². The van der Waals surface area contributed by atoms with E-state index in [9.17, 15) is 4.79 Å². The quantitative estimate of drug-likeness (QED) is 0.878. The van der Waals surface area contributed by atoms with Crippen LogP contribution in [-0.2, 0) is 4.79 Å². The van der Waals surface area contributed by atoms with Gasteiger partial charge in [-0.05, 0) is 43.9 Å². The van der Waals surface area contributed by atoms with Crippen LogP contribution in [0.2, 0.25) is 5.02 Å². The predicted molar refractivity (Wildman–Crippen MR) is 82.0 cm³/mol. The maximum Gasteiger partial charge on any atom is 0.227 e. The van der Waals surface area contributed by atoms with E-state index >= 15 is 0 Å². The van der Waals surface area contributed by atoms with E-state index in [4.69, 9.17) is 17.3 Å². The zero-order chi connectivity index (χ0) is 13.1. The van der Waals surface area contributed by atoms with E-state index in [2.05, 4.69) is 5.32 Å². The number of aryl methyl sites for hydroxylation is 1. The first-order valence-corrected chi connectivity index (χ1v) is 6.76. The highest BCUT2D eigenvalue weighted by Gasteiger charge is 2.25. The van der Waals surface area contributed by atoms with Crippen LogP contribution >= 0.6 is 24.0 Å². The summed E-state index contributed by atoms with van der Waals surface area (Å²) in [6.07, 6.45) is 3.78. The van der Waals surface area contributed by atoms with Gasteiger partial charge >= 0.3 is 0 Å². The number of hydrogen-bond donors (Lipinski definition) is 2. The number of rotatable bonds is 2. The minimum atomic E-state index is 0. The summed E-state index contributed by atoms with van der Waals surface area (Å²) in [4.78, 5) is 12.2. The molecule has 1 saturated carbocycles. The van der Waals surface area contributed by atoms with Crippen molar-refractivity contribution in [2.45, 2.75) is 38.6 Å². The Hall–Kier alpha value is -0.770. The highest BCUT2D eigenvalue weighted by molar-refractivity contribution is 6.31. The molecule has 2 rings (SSSR count). The molecule has 0 spiro atoms. The van der Waals surface area contributed by atoms with Gasteiger partial charge in [0, 0.05) is 22.7 Å². The third-order valence-corrected chi connectivity index (χ3v) is 3.78. The normalized spacial score (nSPS) is 22.5. The molecule has 1 aliphatic rings. The number of anilines is 1. The van der Waals surface area contributed by atoms with Crippen molar-refractivity contribution in [3.63, 3.8) is 0 Å². The number of nitrogens with one attached hydrogen (secondary N) is 1. The molecule has 2 unspecified atom stereocenters. The molecule has 5 heteroatoms. The summed E-state index contributed by atoms with van der Waals surface area (Å²) in [5.74, 6) is 0.0997. The topological polar surface area (TPSA) is 55.1 Å². The Bertz CT molecular complexity index is 451. The Morgan fingerprint density at radius 1 is 1.42 bits per heavy atom. The van der Waals surface area contributed by atoms with E-state index in [1.807, 2.05) is 19.1 Å². The molecule has 0 heterocycles. The van der Waals surface area contributed by atoms with Crippen LogP contribution in [0.5, 0.6) is 0 Å². The number of carbonyl (C=O) groups excluding carboxylic acids is 1. The molecule has 3 N–H and O–H groups in total. The third-order valence-electron chi connectivity index (χ3n) is 3.54. The van der Waals surface area contributed by atoms with E-state index in [-0.39, 0.29) is 30.3 Å². The molecule has 1 aliphatic carbocycles. The summed E-state index contributed by atoms with van der Waals surface area (Å²) < 4.78 is 0. The maximum atomic E-state index is 12.2. The van der Waals surface area contributed by atoms with Crippen LogP contribution in [0.15, 0.2) is 18.2 Å². The Balaban J connectivity index is 0.00000180. The predicted octanol–water partition coefficient (Wildman–Crippen LogP) is 3.53. The Morgan fingerprint density at radius 3 is 2.84 bits per heavy atom. The minimum absolute atomic E-state index is 0. The Kier molecular flexibility index (Phi) is 6.11. The first-order valence-electron chi connectivity index (χ1n) is 6.39. The van der Waals surface area contributed by atoms with Crippen LogP contribution in [-0.4, -0.2) is 11.9 Å². The molecule has 106 valence electrons. The Labute approximate surface area is 125 Å². The number of benzene rings is 1. The molecule has 1 aromatic carbocycles. The fourth-order valence-electron chi connectivity index (χ4n) is 2.43. The smallest absolute Gasteiger partial charge is 0.227 e. The van der Waals surface area contributed by atoms with Gasteiger partial charge in [-0.3, -0.25) is 4.79 Å². The second-order valence-corrected chi connectivity index (χ2v) is 5.51. The largest absolute Gasteiger partial charge is 0.328 e. The SMILES string of the molecule is Cc1ccc(Cl)cc1NC(=O)C1CCCC(N)C1.Cl. The lowest BCUT2D eigenvalue weighted by molar-refractivity contribution is -0.120. The molecule has 0 bridgehead atoms. The van der Waals surface area contributed by atoms with E-state index in [0.29, 0.717) is 5.02 Å². The van der Waals surface area contributed by atoms with E-state index in [1.165, 1.54) is 0 Å². The van der Waals surface area contributed by atoms with E-state index < -0.39 is 0 Å². The van der Waals surface area contributed by atoms with Crippen LogP contribution in [0.4, 0.5) is 5.69 Å². The van der Waals surface area contributed by atoms with Gasteiger partial charge in [-0.2, -0.15) is 0 Å². The van der Waals surface area contributed by atoms with E-state index in [1.54, 1.807) is 6.07 Å². The molecule has 0 radical (unpaired) electrons. The van der Waals surface area contributed by atoms with Gasteiger partial charge in [0.15, 0.2) is 0 Å². The molecule has 1 amide bonds. The number of carbonyl (C=O) groups is 1. The van der Waals surface area contributed by atoms with Crippen molar-refractivity contribution in [1.82, 2.24) is 0 Å². The monoisotopic (exact) mass is 302 g/mol. The fourth-order valence-corrected chi connectivity index (χ4v) is 2.60. The molecule has 1 fully saturated rings. The minimum Gasteiger partial charge on any atom is -0.328 e. The molecule has 0 aliphatic heterocycles. The lowest BCUT2D eigenvalue weighted by atomic mass is 9.85. The van der Waals surface area contributed by atoms with Crippen molar-refractivity contribution >= 4 is 35.6 Å². The van der Waals surface area contributed by atoms with Crippen LogP contribution < -0.4 is 11.1 Å². The summed E-state index contributed by atoms with van der Waals surface area (Å²) in [6.45, 7) is 1.96. The second-order valence-electron chi connectivity index (χ2n) is 5.07. The highest BCUT2D eigenvalue weighted by atomic mass is 35.5. The van der Waals surface area contributed by atoms with Gasteiger partial charge in [-0.1, -0.05) is 24.1 Å². The molecule has 3 nitrogen and oxygen atoms in total. The summed E-state index contributed by atoms with van der Waals surface area (Å²) in [5, 5.41) is 3.60. The van der Waals surface area contributed by atoms with Gasteiger partial charge in [0.25, 0.3) is 0 Å². The van der Waals surface area contributed by atoms with Gasteiger partial charge in [0.05, 0.1) is 0 Å². The van der Waals surface area contributed by atoms with Crippen molar-refractivity contribution in [3.8, 4) is 0 Å². The van der Waals surface area contributed by atoms with Crippen molar-refractivity contribution in [2.75, 3.05) is 5.32 Å². The van der Waals surface area contributed by atoms with Gasteiger partial charge in [-0.25, -0.2) is 0 Å². The average molecular weight is 303 g/mol. The third kappa shape index (κ3) is 4.37. The molecule has 0 saturated heterocycles. The lowest BCUT2D eigenvalue weighted by Gasteiger charge is -2.25. The molecule has 2 atom stereocenters. The highest BCUT2D eigenvalue weighted by Crippen LogP contribution is 2.26. The molecular formula is C14H20Cl2N2O. The van der Waals surface area contributed by atoms with Crippen LogP contribution in [0.25, 0.3) is 0 Å². The summed E-state index contributed by atoms with van der Waals surface area (Å²) >= 11 is 5.94.